The van der Waals surface area contributed by atoms with Gasteiger partial charge in [0.1, 0.15) is 12.4 Å². The maximum Gasteiger partial charge on any atom is 0.156 e. The Morgan fingerprint density at radius 3 is 2.75 bits per heavy atom. The summed E-state index contributed by atoms with van der Waals surface area (Å²) in [5.41, 5.74) is 6.52. The minimum absolute atomic E-state index is 0.0462. The third-order valence-corrected chi connectivity index (χ3v) is 5.67. The molecule has 0 aliphatic carbocycles. The second-order valence-electron chi connectivity index (χ2n) is 4.88. The van der Waals surface area contributed by atoms with Crippen LogP contribution in [0.15, 0.2) is 24.3 Å². The molecule has 1 fully saturated rings. The molecule has 5 nitrogen and oxygen atoms in total. The topological polar surface area (TPSA) is 78.6 Å². The number of sulfone groups is 1. The van der Waals surface area contributed by atoms with Gasteiger partial charge in [0.25, 0.3) is 0 Å². The summed E-state index contributed by atoms with van der Waals surface area (Å²) in [5, 5.41) is -0.282. The summed E-state index contributed by atoms with van der Waals surface area (Å²) in [6.45, 7) is 1.68. The smallest absolute Gasteiger partial charge is 0.156 e. The van der Waals surface area contributed by atoms with Gasteiger partial charge in [0.15, 0.2) is 9.84 Å². The van der Waals surface area contributed by atoms with Crippen LogP contribution in [-0.4, -0.2) is 39.2 Å². The van der Waals surface area contributed by atoms with Gasteiger partial charge < -0.3 is 15.2 Å². The molecule has 0 bridgehead atoms. The summed E-state index contributed by atoms with van der Waals surface area (Å²) in [6.07, 6.45) is 1.18. The van der Waals surface area contributed by atoms with E-state index < -0.39 is 9.84 Å². The minimum atomic E-state index is -3.10. The third kappa shape index (κ3) is 4.19. The van der Waals surface area contributed by atoms with E-state index in [4.69, 9.17) is 15.2 Å². The maximum atomic E-state index is 12.1. The van der Waals surface area contributed by atoms with Crippen molar-refractivity contribution in [2.75, 3.05) is 25.6 Å². The fourth-order valence-electron chi connectivity index (χ4n) is 2.24. The maximum absolute atomic E-state index is 12.1. The first-order chi connectivity index (χ1) is 9.62. The van der Waals surface area contributed by atoms with Crippen molar-refractivity contribution in [1.82, 2.24) is 0 Å². The van der Waals surface area contributed by atoms with Crippen LogP contribution in [0.1, 0.15) is 18.4 Å². The summed E-state index contributed by atoms with van der Waals surface area (Å²) >= 11 is 0. The van der Waals surface area contributed by atoms with Crippen LogP contribution < -0.4 is 10.5 Å². The second-order valence-corrected chi connectivity index (χ2v) is 7.28. The highest BCUT2D eigenvalue weighted by Crippen LogP contribution is 2.17. The monoisotopic (exact) mass is 299 g/mol. The molecule has 112 valence electrons. The Morgan fingerprint density at radius 1 is 1.30 bits per heavy atom. The Kier molecular flexibility index (Phi) is 5.39. The van der Waals surface area contributed by atoms with Gasteiger partial charge in [0.05, 0.1) is 11.0 Å². The molecule has 1 heterocycles. The van der Waals surface area contributed by atoms with Crippen molar-refractivity contribution in [3.63, 3.8) is 0 Å². The van der Waals surface area contributed by atoms with Crippen molar-refractivity contribution in [3.8, 4) is 5.75 Å². The molecule has 0 unspecified atom stereocenters. The SMILES string of the molecule is NCc1cccc(OCCS(=O)(=O)C2CCOCC2)c1. The molecule has 1 aromatic carbocycles. The summed E-state index contributed by atoms with van der Waals surface area (Å²) in [4.78, 5) is 0. The van der Waals surface area contributed by atoms with Crippen LogP contribution in [0.3, 0.4) is 0 Å². The van der Waals surface area contributed by atoms with Crippen LogP contribution in [0.4, 0.5) is 0 Å². The first kappa shape index (κ1) is 15.3. The summed E-state index contributed by atoms with van der Waals surface area (Å²) in [5.74, 6) is 0.708. The fraction of sp³-hybridized carbons (Fsp3) is 0.571. The Morgan fingerprint density at radius 2 is 2.05 bits per heavy atom. The van der Waals surface area contributed by atoms with Crippen LogP contribution in [0.25, 0.3) is 0 Å². The number of benzene rings is 1. The molecular weight excluding hydrogens is 278 g/mol. The lowest BCUT2D eigenvalue weighted by Gasteiger charge is -2.22. The molecule has 0 saturated carbocycles. The van der Waals surface area contributed by atoms with Crippen LogP contribution in [-0.2, 0) is 21.1 Å². The molecule has 0 aromatic heterocycles. The summed E-state index contributed by atoms with van der Waals surface area (Å²) in [7, 11) is -3.10. The van der Waals surface area contributed by atoms with E-state index in [0.717, 1.165) is 5.56 Å². The highest BCUT2D eigenvalue weighted by molar-refractivity contribution is 7.92. The number of ether oxygens (including phenoxy) is 2. The van der Waals surface area contributed by atoms with Gasteiger partial charge >= 0.3 is 0 Å². The van der Waals surface area contributed by atoms with Crippen molar-refractivity contribution >= 4 is 9.84 Å². The van der Waals surface area contributed by atoms with E-state index in [1.807, 2.05) is 18.2 Å². The average molecular weight is 299 g/mol. The summed E-state index contributed by atoms with van der Waals surface area (Å²) < 4.78 is 35.0. The highest BCUT2D eigenvalue weighted by atomic mass is 32.2. The normalized spacial score (nSPS) is 17.1. The molecule has 0 atom stereocenters. The van der Waals surface area contributed by atoms with E-state index in [9.17, 15) is 8.42 Å². The molecular formula is C14H21NO4S. The van der Waals surface area contributed by atoms with Crippen molar-refractivity contribution < 1.29 is 17.9 Å². The van der Waals surface area contributed by atoms with Crippen molar-refractivity contribution in [3.05, 3.63) is 29.8 Å². The molecule has 2 N–H and O–H groups in total. The average Bonchev–Trinajstić information content (AvgIpc) is 2.48. The third-order valence-electron chi connectivity index (χ3n) is 3.45. The molecule has 1 saturated heterocycles. The fourth-order valence-corrected chi connectivity index (χ4v) is 3.80. The number of rotatable bonds is 6. The van der Waals surface area contributed by atoms with E-state index in [-0.39, 0.29) is 17.6 Å². The Balaban J connectivity index is 1.85. The first-order valence-corrected chi connectivity index (χ1v) is 8.54. The highest BCUT2D eigenvalue weighted by Gasteiger charge is 2.27. The van der Waals surface area contributed by atoms with Crippen LogP contribution >= 0.6 is 0 Å². The van der Waals surface area contributed by atoms with Gasteiger partial charge in [-0.15, -0.1) is 0 Å². The van der Waals surface area contributed by atoms with Gasteiger partial charge in [-0.05, 0) is 30.5 Å². The van der Waals surface area contributed by atoms with Crippen molar-refractivity contribution in [2.45, 2.75) is 24.6 Å². The predicted molar refractivity (Wildman–Crippen MR) is 77.5 cm³/mol. The van der Waals surface area contributed by atoms with Crippen molar-refractivity contribution in [2.24, 2.45) is 5.73 Å². The summed E-state index contributed by atoms with van der Waals surface area (Å²) in [6, 6.07) is 7.40. The van der Waals surface area contributed by atoms with Gasteiger partial charge in [0.2, 0.25) is 0 Å². The molecule has 1 aliphatic heterocycles. The van der Waals surface area contributed by atoms with Crippen molar-refractivity contribution in [1.29, 1.82) is 0 Å². The predicted octanol–water partition coefficient (Wildman–Crippen LogP) is 1.12. The largest absolute Gasteiger partial charge is 0.493 e. The van der Waals surface area contributed by atoms with Crippen LogP contribution in [0.2, 0.25) is 0 Å². The molecule has 0 amide bonds. The minimum Gasteiger partial charge on any atom is -0.493 e. The zero-order chi connectivity index (χ0) is 14.4. The molecule has 20 heavy (non-hydrogen) atoms. The molecule has 1 aliphatic rings. The quantitative estimate of drug-likeness (QED) is 0.851. The molecule has 1 aromatic rings. The van der Waals surface area contributed by atoms with Gasteiger partial charge in [-0.1, -0.05) is 12.1 Å². The van der Waals surface area contributed by atoms with Gasteiger partial charge in [-0.25, -0.2) is 8.42 Å². The molecule has 0 radical (unpaired) electrons. The molecule has 6 heteroatoms. The zero-order valence-electron chi connectivity index (χ0n) is 11.5. The Hall–Kier alpha value is -1.11. The number of hydrogen-bond acceptors (Lipinski definition) is 5. The van der Waals surface area contributed by atoms with Crippen LogP contribution in [0.5, 0.6) is 5.75 Å². The first-order valence-electron chi connectivity index (χ1n) is 6.83. The zero-order valence-corrected chi connectivity index (χ0v) is 12.3. The van der Waals surface area contributed by atoms with Gasteiger partial charge in [0, 0.05) is 19.8 Å². The molecule has 2 rings (SSSR count). The van der Waals surface area contributed by atoms with Crippen LogP contribution in [0, 0.1) is 0 Å². The lowest BCUT2D eigenvalue weighted by molar-refractivity contribution is 0.0983. The lowest BCUT2D eigenvalue weighted by atomic mass is 10.2. The Labute approximate surface area is 120 Å². The Bertz CT molecular complexity index is 524. The van der Waals surface area contributed by atoms with E-state index in [0.29, 0.717) is 38.3 Å². The van der Waals surface area contributed by atoms with E-state index in [2.05, 4.69) is 0 Å². The second kappa shape index (κ2) is 7.06. The standard InChI is InChI=1S/C14H21NO4S/c15-11-12-2-1-3-13(10-12)19-8-9-20(16,17)14-4-6-18-7-5-14/h1-3,10,14H,4-9,11,15H2. The van der Waals surface area contributed by atoms with Gasteiger partial charge in [-0.3, -0.25) is 0 Å². The number of nitrogens with two attached hydrogens (primary N) is 1. The molecule has 0 spiro atoms. The number of hydrogen-bond donors (Lipinski definition) is 1. The van der Waals surface area contributed by atoms with E-state index in [1.54, 1.807) is 6.07 Å². The van der Waals surface area contributed by atoms with E-state index >= 15 is 0 Å². The van der Waals surface area contributed by atoms with E-state index in [1.165, 1.54) is 0 Å². The lowest BCUT2D eigenvalue weighted by Crippen LogP contribution is -2.32. The van der Waals surface area contributed by atoms with Gasteiger partial charge in [-0.2, -0.15) is 0 Å².